The van der Waals surface area contributed by atoms with Crippen molar-refractivity contribution in [2.24, 2.45) is 0 Å². The molecule has 46 heavy (non-hydrogen) atoms. The van der Waals surface area contributed by atoms with Gasteiger partial charge in [-0.3, -0.25) is 19.3 Å². The summed E-state index contributed by atoms with van der Waals surface area (Å²) in [5, 5.41) is 4.64. The van der Waals surface area contributed by atoms with Crippen molar-refractivity contribution in [2.75, 3.05) is 26.2 Å². The van der Waals surface area contributed by atoms with Gasteiger partial charge in [0.05, 0.1) is 27.4 Å². The van der Waals surface area contributed by atoms with E-state index in [4.69, 9.17) is 22.8 Å². The maximum Gasteiger partial charge on any atom is 0.417 e. The Morgan fingerprint density at radius 2 is 1.76 bits per heavy atom. The molecule has 0 aliphatic carbocycles. The molecule has 2 fully saturated rings. The molecule has 2 saturated heterocycles. The molecule has 0 bridgehead atoms. The number of carbonyl (C=O) groups is 2. The van der Waals surface area contributed by atoms with Crippen LogP contribution in [0.5, 0.6) is 5.75 Å². The number of hydrogen-bond acceptors (Lipinski definition) is 6. The number of aromatic nitrogens is 4. The van der Waals surface area contributed by atoms with Crippen LogP contribution in [0, 0.1) is 12.3 Å². The molecule has 2 aliphatic rings. The molecule has 6 rings (SSSR count). The highest BCUT2D eigenvalue weighted by Gasteiger charge is 2.37. The first-order valence-corrected chi connectivity index (χ1v) is 15.3. The number of nitrogens with zero attached hydrogens (tertiary/aromatic N) is 6. The molecule has 1 aromatic carbocycles. The van der Waals surface area contributed by atoms with Crippen LogP contribution in [-0.4, -0.2) is 67.5 Å². The Hall–Kier alpha value is -4.63. The van der Waals surface area contributed by atoms with Gasteiger partial charge in [0.15, 0.2) is 0 Å². The summed E-state index contributed by atoms with van der Waals surface area (Å²) in [5.74, 6) is 2.69. The first kappa shape index (κ1) is 31.4. The lowest BCUT2D eigenvalue weighted by molar-refractivity contribution is -0.137. The van der Waals surface area contributed by atoms with Crippen LogP contribution in [0.2, 0.25) is 5.02 Å². The summed E-state index contributed by atoms with van der Waals surface area (Å²) in [6.07, 6.45) is 9.39. The Balaban J connectivity index is 1.27. The minimum absolute atomic E-state index is 0.126. The summed E-state index contributed by atoms with van der Waals surface area (Å²) in [6.45, 7) is 1.80. The number of piperidine rings is 2. The van der Waals surface area contributed by atoms with E-state index < -0.39 is 17.3 Å². The number of fused-ring (bicyclic) bond motifs is 1. The van der Waals surface area contributed by atoms with Crippen LogP contribution in [-0.2, 0) is 18.3 Å². The van der Waals surface area contributed by atoms with Crippen molar-refractivity contribution < 1.29 is 27.5 Å². The van der Waals surface area contributed by atoms with E-state index in [0.717, 1.165) is 25.3 Å². The second-order valence-electron chi connectivity index (χ2n) is 11.4. The van der Waals surface area contributed by atoms with E-state index in [2.05, 4.69) is 21.0 Å². The van der Waals surface area contributed by atoms with Crippen molar-refractivity contribution in [3.63, 3.8) is 0 Å². The number of benzene rings is 1. The van der Waals surface area contributed by atoms with E-state index in [0.29, 0.717) is 67.4 Å². The van der Waals surface area contributed by atoms with E-state index in [-0.39, 0.29) is 34.8 Å². The van der Waals surface area contributed by atoms with Crippen molar-refractivity contribution in [2.45, 2.75) is 50.4 Å². The number of alkyl halides is 3. The average Bonchev–Trinajstić information content (AvgIpc) is 3.62. The number of ether oxygens (including phenoxy) is 1. The van der Waals surface area contributed by atoms with Crippen molar-refractivity contribution in [1.29, 1.82) is 0 Å². The van der Waals surface area contributed by atoms with Gasteiger partial charge in [0.2, 0.25) is 0 Å². The van der Waals surface area contributed by atoms with Gasteiger partial charge in [-0.1, -0.05) is 17.5 Å². The van der Waals surface area contributed by atoms with Crippen LogP contribution in [0.1, 0.15) is 64.2 Å². The highest BCUT2D eigenvalue weighted by atomic mass is 35.5. The number of terminal acetylenes is 1. The van der Waals surface area contributed by atoms with Gasteiger partial charge >= 0.3 is 6.18 Å². The topological polar surface area (TPSA) is 93.5 Å². The van der Waals surface area contributed by atoms with Gasteiger partial charge in [-0.05, 0) is 55.7 Å². The minimum atomic E-state index is -4.57. The molecule has 13 heteroatoms. The molecule has 0 spiro atoms. The summed E-state index contributed by atoms with van der Waals surface area (Å²) in [5.41, 5.74) is -0.560. The number of carbonyl (C=O) groups excluding carboxylic acids is 2. The summed E-state index contributed by atoms with van der Waals surface area (Å²) in [7, 11) is 0. The Labute approximate surface area is 268 Å². The lowest BCUT2D eigenvalue weighted by Crippen LogP contribution is -2.47. The predicted molar refractivity (Wildman–Crippen MR) is 164 cm³/mol. The van der Waals surface area contributed by atoms with Crippen LogP contribution >= 0.6 is 11.6 Å². The minimum Gasteiger partial charge on any atom is -0.487 e. The first-order valence-electron chi connectivity index (χ1n) is 14.9. The number of pyridine rings is 2. The van der Waals surface area contributed by atoms with Crippen LogP contribution in [0.3, 0.4) is 0 Å². The Bertz CT molecular complexity index is 1810. The Morgan fingerprint density at radius 1 is 1.02 bits per heavy atom. The van der Waals surface area contributed by atoms with E-state index in [1.807, 2.05) is 12.3 Å². The molecule has 0 radical (unpaired) electrons. The second-order valence-corrected chi connectivity index (χ2v) is 11.9. The van der Waals surface area contributed by atoms with Gasteiger partial charge in [-0.25, -0.2) is 4.98 Å². The molecule has 2 amide bonds. The SMILES string of the molecule is C#CC1(n2cccn2)CCN(C(=O)c2cc(C(=O)N3CCCCC3)c3cc(OCc4ncc(C(F)(F)F)cc4Cl)ccc3n2)CC1. The maximum atomic E-state index is 13.8. The van der Waals surface area contributed by atoms with Crippen molar-refractivity contribution in [1.82, 2.24) is 29.5 Å². The normalized spacial score (nSPS) is 16.7. The number of hydrogen-bond donors (Lipinski definition) is 0. The highest BCUT2D eigenvalue weighted by Crippen LogP contribution is 2.33. The van der Waals surface area contributed by atoms with Crippen molar-refractivity contribution >= 4 is 34.3 Å². The standard InChI is InChI=1S/C33H30ClF3N6O3/c1-2-32(43-14-6-11-39-43)9-15-42(16-10-32)31(45)28-19-25(30(44)41-12-4-3-5-13-41)24-18-23(7-8-27(24)40-28)46-21-29-26(34)17-22(20-38-29)33(35,36)37/h1,6-8,11,14,17-20H,3-5,9-10,12-13,15-16,21H2. The average molecular weight is 651 g/mol. The zero-order chi connectivity index (χ0) is 32.5. The van der Waals surface area contributed by atoms with Gasteiger partial charge in [0.25, 0.3) is 11.8 Å². The fraction of sp³-hybridized carbons (Fsp3) is 0.364. The molecular formula is C33H30ClF3N6O3. The van der Waals surface area contributed by atoms with Crippen LogP contribution in [0.4, 0.5) is 13.2 Å². The molecule has 0 unspecified atom stereocenters. The van der Waals surface area contributed by atoms with Gasteiger partial charge in [-0.2, -0.15) is 18.3 Å². The molecule has 5 heterocycles. The lowest BCUT2D eigenvalue weighted by Gasteiger charge is -2.38. The molecule has 4 aromatic rings. The molecule has 0 atom stereocenters. The fourth-order valence-corrected chi connectivity index (χ4v) is 6.15. The van der Waals surface area contributed by atoms with Crippen molar-refractivity contribution in [3.05, 3.63) is 82.5 Å². The molecule has 238 valence electrons. The third kappa shape index (κ3) is 6.24. The number of halogens is 4. The molecule has 9 nitrogen and oxygen atoms in total. The van der Waals surface area contributed by atoms with E-state index in [1.54, 1.807) is 38.9 Å². The fourth-order valence-electron chi connectivity index (χ4n) is 5.93. The maximum absolute atomic E-state index is 13.8. The zero-order valence-corrected chi connectivity index (χ0v) is 25.5. The number of likely N-dealkylation sites (tertiary alicyclic amines) is 2. The van der Waals surface area contributed by atoms with Gasteiger partial charge in [0, 0.05) is 63.0 Å². The zero-order valence-electron chi connectivity index (χ0n) is 24.8. The van der Waals surface area contributed by atoms with E-state index in [9.17, 15) is 22.8 Å². The Morgan fingerprint density at radius 3 is 2.41 bits per heavy atom. The summed E-state index contributed by atoms with van der Waals surface area (Å²) >= 11 is 6.06. The van der Waals surface area contributed by atoms with Crippen LogP contribution in [0.25, 0.3) is 10.9 Å². The first-order chi connectivity index (χ1) is 22.1. The highest BCUT2D eigenvalue weighted by molar-refractivity contribution is 6.31. The van der Waals surface area contributed by atoms with Crippen molar-refractivity contribution in [3.8, 4) is 18.1 Å². The van der Waals surface area contributed by atoms with Gasteiger partial charge in [0.1, 0.15) is 23.6 Å². The van der Waals surface area contributed by atoms with E-state index in [1.165, 1.54) is 6.07 Å². The summed E-state index contributed by atoms with van der Waals surface area (Å²) in [6, 6.07) is 9.05. The predicted octanol–water partition coefficient (Wildman–Crippen LogP) is 5.97. The second kappa shape index (κ2) is 12.6. The summed E-state index contributed by atoms with van der Waals surface area (Å²) < 4.78 is 46.7. The number of amides is 2. The van der Waals surface area contributed by atoms with Gasteiger partial charge < -0.3 is 14.5 Å². The largest absolute Gasteiger partial charge is 0.487 e. The summed E-state index contributed by atoms with van der Waals surface area (Å²) in [4.78, 5) is 39.6. The molecule has 2 aliphatic heterocycles. The molecular weight excluding hydrogens is 621 g/mol. The smallest absolute Gasteiger partial charge is 0.417 e. The molecule has 0 saturated carbocycles. The monoisotopic (exact) mass is 650 g/mol. The van der Waals surface area contributed by atoms with Gasteiger partial charge in [-0.15, -0.1) is 6.42 Å². The number of rotatable bonds is 6. The quantitative estimate of drug-likeness (QED) is 0.239. The third-order valence-corrected chi connectivity index (χ3v) is 8.91. The van der Waals surface area contributed by atoms with Crippen LogP contribution < -0.4 is 4.74 Å². The molecule has 0 N–H and O–H groups in total. The van der Waals surface area contributed by atoms with Crippen LogP contribution in [0.15, 0.2) is 55.0 Å². The lowest BCUT2D eigenvalue weighted by atomic mass is 9.88. The third-order valence-electron chi connectivity index (χ3n) is 8.58. The molecule has 3 aromatic heterocycles. The van der Waals surface area contributed by atoms with E-state index >= 15 is 0 Å². The Kier molecular flexibility index (Phi) is 8.61.